The van der Waals surface area contributed by atoms with Crippen molar-refractivity contribution in [3.05, 3.63) is 55.9 Å². The molecule has 0 aliphatic carbocycles. The van der Waals surface area contributed by atoms with Crippen LogP contribution >= 0.6 is 39.3 Å². The van der Waals surface area contributed by atoms with E-state index in [0.717, 1.165) is 4.90 Å². The number of rotatable bonds is 8. The number of imide groups is 1. The van der Waals surface area contributed by atoms with Gasteiger partial charge < -0.3 is 19.9 Å². The lowest BCUT2D eigenvalue weighted by Gasteiger charge is -2.13. The summed E-state index contributed by atoms with van der Waals surface area (Å²) in [5, 5.41) is 12.0. The molecule has 1 fully saturated rings. The van der Waals surface area contributed by atoms with Crippen LogP contribution in [0, 0.1) is 0 Å². The fourth-order valence-corrected chi connectivity index (χ4v) is 4.49. The van der Waals surface area contributed by atoms with Gasteiger partial charge in [0.2, 0.25) is 5.91 Å². The summed E-state index contributed by atoms with van der Waals surface area (Å²) in [5.41, 5.74) is 0.846. The third-order valence-corrected chi connectivity index (χ3v) is 6.49. The minimum Gasteiger partial charge on any atom is -0.503 e. The lowest BCUT2D eigenvalue weighted by atomic mass is 10.2. The Morgan fingerprint density at radius 1 is 1.26 bits per heavy atom. The summed E-state index contributed by atoms with van der Waals surface area (Å²) in [6.07, 6.45) is 2.10. The molecular weight excluding hydrogens is 564 g/mol. The molecule has 1 aliphatic rings. The highest BCUT2D eigenvalue weighted by molar-refractivity contribution is 9.10. The molecule has 2 aromatic carbocycles. The number of hydrogen-bond donors (Lipinski definition) is 2. The van der Waals surface area contributed by atoms with Crippen molar-refractivity contribution in [2.75, 3.05) is 25.6 Å². The van der Waals surface area contributed by atoms with E-state index < -0.39 is 29.6 Å². The molecule has 12 heteroatoms. The minimum atomic E-state index is -0.641. The number of methoxy groups -OCH3 is 1. The molecule has 0 atom stereocenters. The lowest BCUT2D eigenvalue weighted by molar-refractivity contribution is -0.127. The maximum absolute atomic E-state index is 12.8. The summed E-state index contributed by atoms with van der Waals surface area (Å²) >= 11 is 9.95. The molecular formula is C23H20BrClN2O7S. The third kappa shape index (κ3) is 6.36. The number of nitrogens with one attached hydrogen (secondary N) is 1. The van der Waals surface area contributed by atoms with E-state index in [-0.39, 0.29) is 39.3 Å². The molecule has 0 unspecified atom stereocenters. The third-order valence-electron chi connectivity index (χ3n) is 4.65. The first-order valence-corrected chi connectivity index (χ1v) is 12.2. The average molecular weight is 584 g/mol. The van der Waals surface area contributed by atoms with E-state index in [2.05, 4.69) is 21.2 Å². The number of ether oxygens (including phenoxy) is 2. The molecule has 35 heavy (non-hydrogen) atoms. The van der Waals surface area contributed by atoms with Crippen LogP contribution in [0.4, 0.5) is 10.5 Å². The molecule has 2 aromatic rings. The summed E-state index contributed by atoms with van der Waals surface area (Å²) in [7, 11) is 1.38. The van der Waals surface area contributed by atoms with Gasteiger partial charge in [-0.25, -0.2) is 4.79 Å². The molecule has 184 valence electrons. The predicted octanol–water partition coefficient (Wildman–Crippen LogP) is 5.06. The first kappa shape index (κ1) is 26.6. The molecule has 0 saturated carbocycles. The van der Waals surface area contributed by atoms with Crippen LogP contribution in [0.3, 0.4) is 0 Å². The Labute approximate surface area is 218 Å². The normalized spacial score (nSPS) is 14.4. The van der Waals surface area contributed by atoms with Gasteiger partial charge in [0.25, 0.3) is 11.1 Å². The monoisotopic (exact) mass is 582 g/mol. The molecule has 3 amide bonds. The maximum Gasteiger partial charge on any atom is 0.339 e. The van der Waals surface area contributed by atoms with E-state index in [4.69, 9.17) is 21.1 Å². The van der Waals surface area contributed by atoms with Crippen LogP contribution < -0.4 is 10.1 Å². The van der Waals surface area contributed by atoms with Crippen molar-refractivity contribution in [2.24, 2.45) is 0 Å². The largest absolute Gasteiger partial charge is 0.503 e. The molecule has 1 aliphatic heterocycles. The number of thioether (sulfide) groups is 1. The Morgan fingerprint density at radius 2 is 2.00 bits per heavy atom. The van der Waals surface area contributed by atoms with Crippen molar-refractivity contribution in [1.82, 2.24) is 4.90 Å². The zero-order valence-corrected chi connectivity index (χ0v) is 21.8. The molecule has 2 N–H and O–H groups in total. The van der Waals surface area contributed by atoms with Crippen LogP contribution in [0.5, 0.6) is 11.5 Å². The molecule has 0 aromatic heterocycles. The maximum atomic E-state index is 12.8. The first-order valence-electron chi connectivity index (χ1n) is 10.2. The topological polar surface area (TPSA) is 122 Å². The lowest BCUT2D eigenvalue weighted by Crippen LogP contribution is -2.36. The van der Waals surface area contributed by atoms with Crippen LogP contribution in [0.2, 0.25) is 5.02 Å². The van der Waals surface area contributed by atoms with E-state index in [0.29, 0.717) is 28.2 Å². The summed E-state index contributed by atoms with van der Waals surface area (Å²) in [6.45, 7) is 1.56. The Bertz CT molecular complexity index is 1230. The van der Waals surface area contributed by atoms with Gasteiger partial charge in [-0.15, -0.1) is 0 Å². The van der Waals surface area contributed by atoms with Gasteiger partial charge in [-0.3, -0.25) is 19.3 Å². The molecule has 1 saturated heterocycles. The number of phenolic OH excluding ortho intramolecular Hbond substituents is 1. The van der Waals surface area contributed by atoms with Crippen molar-refractivity contribution >= 4 is 74.1 Å². The minimum absolute atomic E-state index is 0.0857. The van der Waals surface area contributed by atoms with E-state index in [1.807, 2.05) is 6.92 Å². The number of carbonyl (C=O) groups excluding carboxylic acids is 4. The van der Waals surface area contributed by atoms with Crippen LogP contribution in [-0.4, -0.2) is 53.3 Å². The quantitative estimate of drug-likeness (QED) is 0.327. The van der Waals surface area contributed by atoms with Crippen molar-refractivity contribution in [1.29, 1.82) is 0 Å². The van der Waals surface area contributed by atoms with Crippen molar-refractivity contribution in [3.63, 3.8) is 0 Å². The van der Waals surface area contributed by atoms with Crippen molar-refractivity contribution in [3.8, 4) is 11.5 Å². The fourth-order valence-electron chi connectivity index (χ4n) is 3.00. The Hall–Kier alpha value is -3.02. The Morgan fingerprint density at radius 3 is 2.69 bits per heavy atom. The molecule has 0 radical (unpaired) electrons. The fraction of sp³-hybridized carbons (Fsp3) is 0.217. The number of benzene rings is 2. The average Bonchev–Trinajstić information content (AvgIpc) is 3.08. The van der Waals surface area contributed by atoms with Gasteiger partial charge in [0, 0.05) is 5.69 Å². The van der Waals surface area contributed by atoms with Crippen LogP contribution in [0.25, 0.3) is 6.08 Å². The van der Waals surface area contributed by atoms with Gasteiger partial charge in [0.1, 0.15) is 6.54 Å². The van der Waals surface area contributed by atoms with Crippen LogP contribution in [-0.2, 0) is 14.3 Å². The van der Waals surface area contributed by atoms with Gasteiger partial charge in [-0.1, -0.05) is 18.5 Å². The van der Waals surface area contributed by atoms with E-state index in [9.17, 15) is 24.3 Å². The summed E-state index contributed by atoms with van der Waals surface area (Å²) in [6, 6.07) is 7.35. The van der Waals surface area contributed by atoms with Gasteiger partial charge in [0.15, 0.2) is 11.5 Å². The SMILES string of the molecule is CCCOC(=O)c1cc(NC(=O)CN2C(=O)S/C(=C/c3cc(Br)c(O)c(OC)c3)C2=O)ccc1Cl. The first-order chi connectivity index (χ1) is 16.6. The Kier molecular flexibility index (Phi) is 8.82. The van der Waals surface area contributed by atoms with E-state index in [1.54, 1.807) is 6.07 Å². The van der Waals surface area contributed by atoms with Crippen LogP contribution in [0.15, 0.2) is 39.7 Å². The number of aromatic hydroxyl groups is 1. The van der Waals surface area contributed by atoms with Crippen LogP contribution in [0.1, 0.15) is 29.3 Å². The zero-order chi connectivity index (χ0) is 25.7. The second kappa shape index (κ2) is 11.6. The van der Waals surface area contributed by atoms with Gasteiger partial charge in [0.05, 0.1) is 33.7 Å². The predicted molar refractivity (Wildman–Crippen MR) is 136 cm³/mol. The van der Waals surface area contributed by atoms with E-state index >= 15 is 0 Å². The van der Waals surface area contributed by atoms with Crippen molar-refractivity contribution in [2.45, 2.75) is 13.3 Å². The number of nitrogens with zero attached hydrogens (tertiary/aromatic N) is 1. The number of carbonyl (C=O) groups is 4. The Balaban J connectivity index is 1.71. The van der Waals surface area contributed by atoms with Gasteiger partial charge in [-0.05, 0) is 76.1 Å². The highest BCUT2D eigenvalue weighted by atomic mass is 79.9. The summed E-state index contributed by atoms with van der Waals surface area (Å²) in [5.74, 6) is -1.82. The number of halogens is 2. The smallest absolute Gasteiger partial charge is 0.339 e. The number of amides is 3. The second-order valence-electron chi connectivity index (χ2n) is 7.20. The second-order valence-corrected chi connectivity index (χ2v) is 9.45. The summed E-state index contributed by atoms with van der Waals surface area (Å²) < 4.78 is 10.5. The van der Waals surface area contributed by atoms with E-state index in [1.165, 1.54) is 37.5 Å². The molecule has 3 rings (SSSR count). The number of hydrogen-bond acceptors (Lipinski definition) is 8. The molecule has 1 heterocycles. The number of phenols is 1. The summed E-state index contributed by atoms with van der Waals surface area (Å²) in [4.78, 5) is 50.8. The zero-order valence-electron chi connectivity index (χ0n) is 18.6. The molecule has 0 spiro atoms. The molecule has 9 nitrogen and oxygen atoms in total. The number of esters is 1. The van der Waals surface area contributed by atoms with Crippen molar-refractivity contribution < 1.29 is 33.8 Å². The highest BCUT2D eigenvalue weighted by Gasteiger charge is 2.36. The number of anilines is 1. The molecule has 0 bridgehead atoms. The van der Waals surface area contributed by atoms with Gasteiger partial charge >= 0.3 is 5.97 Å². The highest BCUT2D eigenvalue weighted by Crippen LogP contribution is 2.38. The standard InChI is InChI=1S/C23H20BrClN2O7S/c1-3-6-34-22(31)14-10-13(4-5-16(14)25)26-19(28)11-27-21(30)18(35-23(27)32)9-12-7-15(24)20(29)17(8-12)33-2/h4-5,7-10,29H,3,6,11H2,1-2H3,(H,26,28)/b18-9+. The van der Waals surface area contributed by atoms with Gasteiger partial charge in [-0.2, -0.15) is 0 Å².